The van der Waals surface area contributed by atoms with E-state index in [-0.39, 0.29) is 5.91 Å². The second-order valence-corrected chi connectivity index (χ2v) is 6.87. The lowest BCUT2D eigenvalue weighted by atomic mass is 10.1. The van der Waals surface area contributed by atoms with Gasteiger partial charge in [0.05, 0.1) is 14.2 Å². The third-order valence-corrected chi connectivity index (χ3v) is 5.09. The predicted octanol–water partition coefficient (Wildman–Crippen LogP) is 5.25. The zero-order valence-electron chi connectivity index (χ0n) is 15.3. The van der Waals surface area contributed by atoms with Crippen LogP contribution in [0.2, 0.25) is 0 Å². The molecule has 138 valence electrons. The van der Waals surface area contributed by atoms with Crippen LogP contribution >= 0.6 is 11.8 Å². The van der Waals surface area contributed by atoms with Gasteiger partial charge in [0.1, 0.15) is 0 Å². The first-order valence-electron chi connectivity index (χ1n) is 8.50. The van der Waals surface area contributed by atoms with E-state index in [4.69, 9.17) is 9.47 Å². The summed E-state index contributed by atoms with van der Waals surface area (Å²) < 4.78 is 10.4. The number of ether oxygens (including phenoxy) is 2. The first-order valence-corrected chi connectivity index (χ1v) is 9.48. The number of carbonyl (C=O) groups excluding carboxylic acids is 1. The molecule has 5 heteroatoms. The standard InChI is InChI=1S/C22H21NO3S/c1-25-20-13-10-17(14-21(20)26-2)22(24)23-18-11-8-16(9-12-18)15-27-19-6-4-3-5-7-19/h3-14H,15H2,1-2H3,(H,23,24). The van der Waals surface area contributed by atoms with E-state index in [2.05, 4.69) is 17.4 Å². The largest absolute Gasteiger partial charge is 0.493 e. The van der Waals surface area contributed by atoms with Crippen LogP contribution in [0.15, 0.2) is 77.7 Å². The molecule has 0 spiro atoms. The van der Waals surface area contributed by atoms with Gasteiger partial charge < -0.3 is 14.8 Å². The molecule has 0 heterocycles. The molecule has 27 heavy (non-hydrogen) atoms. The lowest BCUT2D eigenvalue weighted by Gasteiger charge is -2.10. The van der Waals surface area contributed by atoms with Gasteiger partial charge in [0, 0.05) is 21.9 Å². The smallest absolute Gasteiger partial charge is 0.255 e. The summed E-state index contributed by atoms with van der Waals surface area (Å²) in [6, 6.07) is 23.3. The Hall–Kier alpha value is -2.92. The van der Waals surface area contributed by atoms with Crippen LogP contribution in [0.25, 0.3) is 0 Å². The van der Waals surface area contributed by atoms with Crippen molar-refractivity contribution in [1.82, 2.24) is 0 Å². The zero-order valence-corrected chi connectivity index (χ0v) is 16.1. The molecule has 0 aliphatic heterocycles. The normalized spacial score (nSPS) is 10.3. The Morgan fingerprint density at radius 3 is 2.26 bits per heavy atom. The Bertz CT molecular complexity index is 895. The van der Waals surface area contributed by atoms with Gasteiger partial charge in [-0.2, -0.15) is 0 Å². The van der Waals surface area contributed by atoms with Crippen molar-refractivity contribution in [2.75, 3.05) is 19.5 Å². The van der Waals surface area contributed by atoms with E-state index in [9.17, 15) is 4.79 Å². The maximum absolute atomic E-state index is 12.5. The summed E-state index contributed by atoms with van der Waals surface area (Å²) in [5.74, 6) is 1.81. The van der Waals surface area contributed by atoms with Crippen molar-refractivity contribution in [2.24, 2.45) is 0 Å². The fraction of sp³-hybridized carbons (Fsp3) is 0.136. The molecule has 1 amide bonds. The van der Waals surface area contributed by atoms with Crippen molar-refractivity contribution >= 4 is 23.4 Å². The molecule has 0 radical (unpaired) electrons. The number of hydrogen-bond acceptors (Lipinski definition) is 4. The topological polar surface area (TPSA) is 47.6 Å². The fourth-order valence-electron chi connectivity index (χ4n) is 2.55. The van der Waals surface area contributed by atoms with Gasteiger partial charge in [0.2, 0.25) is 0 Å². The van der Waals surface area contributed by atoms with Gasteiger partial charge in [-0.25, -0.2) is 0 Å². The minimum atomic E-state index is -0.192. The molecule has 3 aromatic carbocycles. The van der Waals surface area contributed by atoms with E-state index in [1.54, 1.807) is 44.2 Å². The number of rotatable bonds is 7. The van der Waals surface area contributed by atoms with Crippen LogP contribution in [0.5, 0.6) is 11.5 Å². The van der Waals surface area contributed by atoms with Crippen molar-refractivity contribution in [3.63, 3.8) is 0 Å². The number of hydrogen-bond donors (Lipinski definition) is 1. The van der Waals surface area contributed by atoms with Gasteiger partial charge in [0.25, 0.3) is 5.91 Å². The molecule has 0 atom stereocenters. The highest BCUT2D eigenvalue weighted by Crippen LogP contribution is 2.28. The van der Waals surface area contributed by atoms with Crippen LogP contribution in [-0.2, 0) is 5.75 Å². The Morgan fingerprint density at radius 1 is 0.889 bits per heavy atom. The Kier molecular flexibility index (Phi) is 6.39. The molecule has 0 unspecified atom stereocenters. The number of anilines is 1. The SMILES string of the molecule is COc1ccc(C(=O)Nc2ccc(CSc3ccccc3)cc2)cc1OC. The summed E-state index contributed by atoms with van der Waals surface area (Å²) in [4.78, 5) is 13.7. The summed E-state index contributed by atoms with van der Waals surface area (Å²) in [6.07, 6.45) is 0. The molecule has 3 aromatic rings. The Morgan fingerprint density at radius 2 is 1.59 bits per heavy atom. The molecule has 1 N–H and O–H groups in total. The number of amides is 1. The van der Waals surface area contributed by atoms with Crippen molar-refractivity contribution in [3.8, 4) is 11.5 Å². The first kappa shape index (κ1) is 18.9. The van der Waals surface area contributed by atoms with Crippen molar-refractivity contribution < 1.29 is 14.3 Å². The highest BCUT2D eigenvalue weighted by atomic mass is 32.2. The van der Waals surface area contributed by atoms with Crippen LogP contribution in [0.4, 0.5) is 5.69 Å². The monoisotopic (exact) mass is 379 g/mol. The molecule has 0 aliphatic carbocycles. The molecule has 0 aromatic heterocycles. The second kappa shape index (κ2) is 9.14. The van der Waals surface area contributed by atoms with Crippen LogP contribution in [0.1, 0.15) is 15.9 Å². The second-order valence-electron chi connectivity index (χ2n) is 5.82. The number of thioether (sulfide) groups is 1. The van der Waals surface area contributed by atoms with Crippen molar-refractivity contribution in [2.45, 2.75) is 10.6 Å². The molecule has 0 aliphatic rings. The van der Waals surface area contributed by atoms with Gasteiger partial charge in [-0.3, -0.25) is 4.79 Å². The summed E-state index contributed by atoms with van der Waals surface area (Å²) in [7, 11) is 3.11. The first-order chi connectivity index (χ1) is 13.2. The third-order valence-electron chi connectivity index (χ3n) is 4.01. The van der Waals surface area contributed by atoms with E-state index in [1.165, 1.54) is 10.5 Å². The lowest BCUT2D eigenvalue weighted by Crippen LogP contribution is -2.12. The number of nitrogens with one attached hydrogen (secondary N) is 1. The lowest BCUT2D eigenvalue weighted by molar-refractivity contribution is 0.102. The Balaban J connectivity index is 1.61. The highest BCUT2D eigenvalue weighted by molar-refractivity contribution is 7.98. The van der Waals surface area contributed by atoms with Gasteiger partial charge in [-0.1, -0.05) is 30.3 Å². The molecule has 3 rings (SSSR count). The molecule has 0 saturated carbocycles. The van der Waals surface area contributed by atoms with E-state index >= 15 is 0 Å². The van der Waals surface area contributed by atoms with Crippen LogP contribution < -0.4 is 14.8 Å². The zero-order chi connectivity index (χ0) is 19.1. The third kappa shape index (κ3) is 5.05. The maximum atomic E-state index is 12.5. The van der Waals surface area contributed by atoms with Gasteiger partial charge in [-0.15, -0.1) is 11.8 Å². The fourth-order valence-corrected chi connectivity index (χ4v) is 3.42. The molecule has 0 bridgehead atoms. The number of methoxy groups -OCH3 is 2. The van der Waals surface area contributed by atoms with Gasteiger partial charge >= 0.3 is 0 Å². The minimum absolute atomic E-state index is 0.192. The van der Waals surface area contributed by atoms with Gasteiger partial charge in [0.15, 0.2) is 11.5 Å². The Labute approximate surface area is 163 Å². The van der Waals surface area contributed by atoms with E-state index in [0.29, 0.717) is 17.1 Å². The van der Waals surface area contributed by atoms with E-state index < -0.39 is 0 Å². The molecular formula is C22H21NO3S. The minimum Gasteiger partial charge on any atom is -0.493 e. The van der Waals surface area contributed by atoms with Crippen LogP contribution in [0.3, 0.4) is 0 Å². The van der Waals surface area contributed by atoms with E-state index in [1.807, 2.05) is 42.5 Å². The quantitative estimate of drug-likeness (QED) is 0.570. The maximum Gasteiger partial charge on any atom is 0.255 e. The summed E-state index contributed by atoms with van der Waals surface area (Å²) in [6.45, 7) is 0. The average Bonchev–Trinajstić information content (AvgIpc) is 2.73. The van der Waals surface area contributed by atoms with Crippen LogP contribution in [-0.4, -0.2) is 20.1 Å². The molecular weight excluding hydrogens is 358 g/mol. The summed E-state index contributed by atoms with van der Waals surface area (Å²) >= 11 is 1.78. The molecule has 4 nitrogen and oxygen atoms in total. The number of carbonyl (C=O) groups is 1. The van der Waals surface area contributed by atoms with Crippen LogP contribution in [0, 0.1) is 0 Å². The molecule has 0 fully saturated rings. The number of benzene rings is 3. The van der Waals surface area contributed by atoms with E-state index in [0.717, 1.165) is 11.4 Å². The summed E-state index contributed by atoms with van der Waals surface area (Å²) in [5.41, 5.74) is 2.47. The predicted molar refractivity (Wildman–Crippen MR) is 110 cm³/mol. The average molecular weight is 379 g/mol. The highest BCUT2D eigenvalue weighted by Gasteiger charge is 2.11. The molecule has 0 saturated heterocycles. The van der Waals surface area contributed by atoms with Gasteiger partial charge in [-0.05, 0) is 48.0 Å². The van der Waals surface area contributed by atoms with Crippen molar-refractivity contribution in [3.05, 3.63) is 83.9 Å². The van der Waals surface area contributed by atoms with Crippen molar-refractivity contribution in [1.29, 1.82) is 0 Å². The summed E-state index contributed by atoms with van der Waals surface area (Å²) in [5, 5.41) is 2.91.